The van der Waals surface area contributed by atoms with E-state index in [4.69, 9.17) is 10.5 Å². The number of benzene rings is 1. The summed E-state index contributed by atoms with van der Waals surface area (Å²) in [6.07, 6.45) is 3.56. The van der Waals surface area contributed by atoms with Gasteiger partial charge in [0.2, 0.25) is 0 Å². The lowest BCUT2D eigenvalue weighted by molar-refractivity contribution is 0.338. The summed E-state index contributed by atoms with van der Waals surface area (Å²) in [6, 6.07) is 4.69. The first-order chi connectivity index (χ1) is 8.17. The summed E-state index contributed by atoms with van der Waals surface area (Å²) in [4.78, 5) is 0. The first-order valence-corrected chi connectivity index (χ1v) is 7.22. The van der Waals surface area contributed by atoms with E-state index >= 15 is 0 Å². The van der Waals surface area contributed by atoms with Crippen LogP contribution in [0.2, 0.25) is 0 Å². The van der Waals surface area contributed by atoms with E-state index in [2.05, 4.69) is 0 Å². The van der Waals surface area contributed by atoms with Gasteiger partial charge in [-0.25, -0.2) is 4.39 Å². The predicted octanol–water partition coefficient (Wildman–Crippen LogP) is 2.85. The molecule has 1 aromatic carbocycles. The molecule has 17 heavy (non-hydrogen) atoms. The molecule has 0 aliphatic rings. The fourth-order valence-electron chi connectivity index (χ4n) is 1.51. The highest BCUT2D eigenvalue weighted by Gasteiger charge is 2.09. The molecule has 1 atom stereocenters. The maximum atomic E-state index is 13.2. The number of hydrogen-bond acceptors (Lipinski definition) is 3. The molecule has 0 heterocycles. The fraction of sp³-hybridized carbons (Fsp3) is 0.538. The number of halogens is 1. The van der Waals surface area contributed by atoms with Crippen LogP contribution in [-0.4, -0.2) is 24.7 Å². The van der Waals surface area contributed by atoms with Gasteiger partial charge in [0.15, 0.2) is 0 Å². The molecular weight excluding hydrogens is 237 g/mol. The Kier molecular flexibility index (Phi) is 6.37. The van der Waals surface area contributed by atoms with E-state index < -0.39 is 0 Å². The molecule has 96 valence electrons. The van der Waals surface area contributed by atoms with Crippen LogP contribution in [0.3, 0.4) is 0 Å². The summed E-state index contributed by atoms with van der Waals surface area (Å²) in [7, 11) is 0. The molecule has 0 amide bonds. The Bertz CT molecular complexity index is 346. The third kappa shape index (κ3) is 4.96. The maximum Gasteiger partial charge on any atom is 0.123 e. The van der Waals surface area contributed by atoms with E-state index in [-0.39, 0.29) is 11.9 Å². The third-order valence-electron chi connectivity index (χ3n) is 2.57. The van der Waals surface area contributed by atoms with Gasteiger partial charge >= 0.3 is 0 Å². The first-order valence-electron chi connectivity index (χ1n) is 5.83. The Hall–Kier alpha value is -0.740. The highest BCUT2D eigenvalue weighted by Crippen LogP contribution is 2.21. The highest BCUT2D eigenvalue weighted by atomic mass is 32.2. The van der Waals surface area contributed by atoms with Gasteiger partial charge in [-0.1, -0.05) is 6.92 Å². The van der Waals surface area contributed by atoms with Crippen LogP contribution in [0.4, 0.5) is 4.39 Å². The Balaban J connectivity index is 2.72. The molecule has 0 saturated carbocycles. The molecule has 0 radical (unpaired) electrons. The molecule has 2 nitrogen and oxygen atoms in total. The molecule has 4 heteroatoms. The number of ether oxygens (including phenoxy) is 1. The summed E-state index contributed by atoms with van der Waals surface area (Å²) >= 11 is 1.72. The van der Waals surface area contributed by atoms with Crippen molar-refractivity contribution in [3.05, 3.63) is 29.6 Å². The summed E-state index contributed by atoms with van der Waals surface area (Å²) in [5, 5.41) is 0. The number of nitrogens with two attached hydrogens (primary N) is 1. The Morgan fingerprint density at radius 3 is 2.88 bits per heavy atom. The molecule has 0 aliphatic heterocycles. The van der Waals surface area contributed by atoms with Gasteiger partial charge in [-0.3, -0.25) is 0 Å². The van der Waals surface area contributed by atoms with Crippen molar-refractivity contribution in [2.24, 2.45) is 5.73 Å². The summed E-state index contributed by atoms with van der Waals surface area (Å²) in [6.45, 7) is 2.67. The minimum atomic E-state index is -0.236. The van der Waals surface area contributed by atoms with E-state index in [0.717, 1.165) is 23.5 Å². The molecule has 2 N–H and O–H groups in total. The number of hydrogen-bond donors (Lipinski definition) is 1. The van der Waals surface area contributed by atoms with Crippen LogP contribution in [0.25, 0.3) is 0 Å². The highest BCUT2D eigenvalue weighted by molar-refractivity contribution is 7.98. The van der Waals surface area contributed by atoms with Crippen LogP contribution in [0, 0.1) is 5.82 Å². The average molecular weight is 257 g/mol. The monoisotopic (exact) mass is 257 g/mol. The zero-order valence-corrected chi connectivity index (χ0v) is 11.2. The van der Waals surface area contributed by atoms with Crippen molar-refractivity contribution in [2.75, 3.05) is 18.6 Å². The van der Waals surface area contributed by atoms with Gasteiger partial charge in [0.05, 0.1) is 6.61 Å². The molecule has 0 bridgehead atoms. The molecule has 0 spiro atoms. The van der Waals surface area contributed by atoms with Crippen LogP contribution < -0.4 is 10.5 Å². The zero-order valence-electron chi connectivity index (χ0n) is 10.4. The van der Waals surface area contributed by atoms with Crippen molar-refractivity contribution in [3.8, 4) is 5.75 Å². The van der Waals surface area contributed by atoms with E-state index in [1.54, 1.807) is 17.8 Å². The quantitative estimate of drug-likeness (QED) is 0.763. The Morgan fingerprint density at radius 2 is 2.24 bits per heavy atom. The minimum Gasteiger partial charge on any atom is -0.492 e. The van der Waals surface area contributed by atoms with E-state index in [1.165, 1.54) is 12.1 Å². The van der Waals surface area contributed by atoms with E-state index in [9.17, 15) is 4.39 Å². The van der Waals surface area contributed by atoms with Gasteiger partial charge in [0.25, 0.3) is 0 Å². The SMILES string of the molecule is CCC(N)Cc1cc(F)ccc1OCCSC. The van der Waals surface area contributed by atoms with E-state index in [1.807, 2.05) is 13.2 Å². The number of thioether (sulfide) groups is 1. The average Bonchev–Trinajstić information content (AvgIpc) is 2.32. The van der Waals surface area contributed by atoms with Gasteiger partial charge in [0, 0.05) is 11.8 Å². The summed E-state index contributed by atoms with van der Waals surface area (Å²) < 4.78 is 18.8. The van der Waals surface area contributed by atoms with Gasteiger partial charge in [-0.05, 0) is 42.9 Å². The summed E-state index contributed by atoms with van der Waals surface area (Å²) in [5.74, 6) is 1.45. The van der Waals surface area contributed by atoms with Crippen molar-refractivity contribution >= 4 is 11.8 Å². The van der Waals surface area contributed by atoms with Gasteiger partial charge < -0.3 is 10.5 Å². The van der Waals surface area contributed by atoms with Gasteiger partial charge in [-0.15, -0.1) is 0 Å². The Labute approximate surface area is 107 Å². The topological polar surface area (TPSA) is 35.2 Å². The minimum absolute atomic E-state index is 0.0553. The van der Waals surface area contributed by atoms with Gasteiger partial charge in [-0.2, -0.15) is 11.8 Å². The standard InChI is InChI=1S/C13H20FNOS/c1-3-12(15)9-10-8-11(14)4-5-13(10)16-6-7-17-2/h4-5,8,12H,3,6-7,9,15H2,1-2H3. The lowest BCUT2D eigenvalue weighted by Gasteiger charge is -2.14. The van der Waals surface area contributed by atoms with Crippen molar-refractivity contribution in [1.82, 2.24) is 0 Å². The molecule has 1 unspecified atom stereocenters. The second kappa shape index (κ2) is 7.56. The van der Waals surface area contributed by atoms with Crippen molar-refractivity contribution in [1.29, 1.82) is 0 Å². The maximum absolute atomic E-state index is 13.2. The van der Waals surface area contributed by atoms with E-state index in [0.29, 0.717) is 13.0 Å². The van der Waals surface area contributed by atoms with Crippen molar-refractivity contribution in [2.45, 2.75) is 25.8 Å². The van der Waals surface area contributed by atoms with Crippen LogP contribution in [0.15, 0.2) is 18.2 Å². The first kappa shape index (κ1) is 14.3. The number of rotatable bonds is 7. The molecule has 0 saturated heterocycles. The normalized spacial score (nSPS) is 12.5. The molecular formula is C13H20FNOS. The molecule has 0 fully saturated rings. The second-order valence-corrected chi connectivity index (χ2v) is 4.95. The lowest BCUT2D eigenvalue weighted by atomic mass is 10.0. The van der Waals surface area contributed by atoms with Crippen LogP contribution in [0.1, 0.15) is 18.9 Å². The van der Waals surface area contributed by atoms with Crippen LogP contribution in [-0.2, 0) is 6.42 Å². The molecule has 0 aromatic heterocycles. The van der Waals surface area contributed by atoms with Crippen molar-refractivity contribution in [3.63, 3.8) is 0 Å². The molecule has 1 aromatic rings. The lowest BCUT2D eigenvalue weighted by Crippen LogP contribution is -2.22. The van der Waals surface area contributed by atoms with Crippen LogP contribution >= 0.6 is 11.8 Å². The smallest absolute Gasteiger partial charge is 0.123 e. The predicted molar refractivity (Wildman–Crippen MR) is 72.2 cm³/mol. The van der Waals surface area contributed by atoms with Crippen LogP contribution in [0.5, 0.6) is 5.75 Å². The largest absolute Gasteiger partial charge is 0.492 e. The molecule has 1 rings (SSSR count). The fourth-order valence-corrected chi connectivity index (χ4v) is 1.76. The van der Waals surface area contributed by atoms with Gasteiger partial charge in [0.1, 0.15) is 11.6 Å². The zero-order chi connectivity index (χ0) is 12.7. The Morgan fingerprint density at radius 1 is 1.47 bits per heavy atom. The van der Waals surface area contributed by atoms with Crippen molar-refractivity contribution < 1.29 is 9.13 Å². The molecule has 0 aliphatic carbocycles. The second-order valence-electron chi connectivity index (χ2n) is 3.97. The summed E-state index contributed by atoms with van der Waals surface area (Å²) in [5.41, 5.74) is 6.76. The third-order valence-corrected chi connectivity index (χ3v) is 3.15.